The maximum absolute atomic E-state index is 5.29. The smallest absolute Gasteiger partial charge is 0.138 e. The van der Waals surface area contributed by atoms with Crippen molar-refractivity contribution in [1.82, 2.24) is 15.4 Å². The Labute approximate surface area is 116 Å². The molecular weight excluding hydrogens is 238 g/mol. The van der Waals surface area contributed by atoms with Crippen LogP contribution in [0.3, 0.4) is 0 Å². The zero-order chi connectivity index (χ0) is 14.0. The number of rotatable bonds is 4. The van der Waals surface area contributed by atoms with Gasteiger partial charge >= 0.3 is 0 Å². The molecule has 19 heavy (non-hydrogen) atoms. The van der Waals surface area contributed by atoms with E-state index in [4.69, 9.17) is 4.52 Å². The molecule has 0 spiro atoms. The first kappa shape index (κ1) is 14.5. The highest BCUT2D eigenvalue weighted by molar-refractivity contribution is 5.20. The molecule has 2 atom stereocenters. The summed E-state index contributed by atoms with van der Waals surface area (Å²) >= 11 is 0. The quantitative estimate of drug-likeness (QED) is 0.908. The van der Waals surface area contributed by atoms with Crippen LogP contribution < -0.4 is 5.32 Å². The lowest BCUT2D eigenvalue weighted by atomic mass is 9.97. The topological polar surface area (TPSA) is 41.3 Å². The van der Waals surface area contributed by atoms with E-state index in [-0.39, 0.29) is 0 Å². The minimum Gasteiger partial charge on any atom is -0.361 e. The molecule has 0 aliphatic carbocycles. The van der Waals surface area contributed by atoms with Crippen molar-refractivity contribution in [3.05, 3.63) is 17.0 Å². The highest BCUT2D eigenvalue weighted by atomic mass is 16.5. The van der Waals surface area contributed by atoms with Crippen LogP contribution in [0.15, 0.2) is 4.52 Å². The Kier molecular flexibility index (Phi) is 4.63. The number of piperazine rings is 1. The van der Waals surface area contributed by atoms with Crippen molar-refractivity contribution in [2.75, 3.05) is 13.1 Å². The normalized spacial score (nSPS) is 25.2. The second-order valence-corrected chi connectivity index (χ2v) is 6.05. The molecule has 0 amide bonds. The summed E-state index contributed by atoms with van der Waals surface area (Å²) in [5.41, 5.74) is 2.30. The fraction of sp³-hybridized carbons (Fsp3) is 0.800. The first-order chi connectivity index (χ1) is 9.02. The van der Waals surface area contributed by atoms with Crippen LogP contribution in [0.1, 0.15) is 44.2 Å². The van der Waals surface area contributed by atoms with Crippen molar-refractivity contribution in [2.24, 2.45) is 5.92 Å². The van der Waals surface area contributed by atoms with E-state index in [2.05, 4.69) is 36.1 Å². The number of nitrogens with zero attached hydrogens (tertiary/aromatic N) is 2. The fourth-order valence-electron chi connectivity index (χ4n) is 2.86. The summed E-state index contributed by atoms with van der Waals surface area (Å²) in [6, 6.07) is 1.20. The van der Waals surface area contributed by atoms with Crippen molar-refractivity contribution in [3.63, 3.8) is 0 Å². The monoisotopic (exact) mass is 265 g/mol. The zero-order valence-corrected chi connectivity index (χ0v) is 12.9. The second kappa shape index (κ2) is 6.06. The zero-order valence-electron chi connectivity index (χ0n) is 12.9. The van der Waals surface area contributed by atoms with Gasteiger partial charge in [0.05, 0.1) is 5.69 Å². The van der Waals surface area contributed by atoms with E-state index in [9.17, 15) is 0 Å². The van der Waals surface area contributed by atoms with Gasteiger partial charge in [-0.05, 0) is 26.2 Å². The van der Waals surface area contributed by atoms with E-state index in [1.165, 1.54) is 12.0 Å². The van der Waals surface area contributed by atoms with Gasteiger partial charge in [-0.1, -0.05) is 25.9 Å². The molecule has 0 saturated carbocycles. The molecule has 1 saturated heterocycles. The van der Waals surface area contributed by atoms with E-state index < -0.39 is 0 Å². The Bertz CT molecular complexity index is 394. The van der Waals surface area contributed by atoms with Crippen LogP contribution in [-0.2, 0) is 6.54 Å². The van der Waals surface area contributed by atoms with Crippen LogP contribution in [0, 0.1) is 19.8 Å². The van der Waals surface area contributed by atoms with Crippen molar-refractivity contribution in [3.8, 4) is 0 Å². The predicted molar refractivity (Wildman–Crippen MR) is 77.1 cm³/mol. The van der Waals surface area contributed by atoms with Gasteiger partial charge in [0.25, 0.3) is 0 Å². The summed E-state index contributed by atoms with van der Waals surface area (Å²) in [6.07, 6.45) is 1.18. The van der Waals surface area contributed by atoms with Crippen molar-refractivity contribution >= 4 is 0 Å². The van der Waals surface area contributed by atoms with Gasteiger partial charge in [-0.25, -0.2) is 0 Å². The highest BCUT2D eigenvalue weighted by Gasteiger charge is 2.29. The lowest BCUT2D eigenvalue weighted by molar-refractivity contribution is 0.103. The summed E-state index contributed by atoms with van der Waals surface area (Å²) in [6.45, 7) is 14.1. The van der Waals surface area contributed by atoms with Crippen molar-refractivity contribution < 1.29 is 4.52 Å². The van der Waals surface area contributed by atoms with Gasteiger partial charge in [-0.2, -0.15) is 0 Å². The largest absolute Gasteiger partial charge is 0.361 e. The van der Waals surface area contributed by atoms with Crippen LogP contribution in [0.4, 0.5) is 0 Å². The molecule has 1 N–H and O–H groups in total. The van der Waals surface area contributed by atoms with Gasteiger partial charge < -0.3 is 9.84 Å². The van der Waals surface area contributed by atoms with Gasteiger partial charge in [-0.15, -0.1) is 0 Å². The van der Waals surface area contributed by atoms with Gasteiger partial charge in [0.15, 0.2) is 0 Å². The minimum atomic E-state index is 0.586. The third-order valence-electron chi connectivity index (χ3n) is 4.38. The maximum atomic E-state index is 5.29. The number of hydrogen-bond donors (Lipinski definition) is 1. The van der Waals surface area contributed by atoms with E-state index in [1.54, 1.807) is 0 Å². The van der Waals surface area contributed by atoms with Crippen LogP contribution >= 0.6 is 0 Å². The van der Waals surface area contributed by atoms with Crippen molar-refractivity contribution in [2.45, 2.75) is 59.7 Å². The van der Waals surface area contributed by atoms with Crippen molar-refractivity contribution in [1.29, 1.82) is 0 Å². The van der Waals surface area contributed by atoms with Gasteiger partial charge in [0.2, 0.25) is 0 Å². The molecule has 0 bridgehead atoms. The maximum Gasteiger partial charge on any atom is 0.138 e. The second-order valence-electron chi connectivity index (χ2n) is 6.05. The predicted octanol–water partition coefficient (Wildman–Crippen LogP) is 2.50. The third-order valence-corrected chi connectivity index (χ3v) is 4.38. The molecule has 4 heteroatoms. The first-order valence-corrected chi connectivity index (χ1v) is 7.42. The Balaban J connectivity index is 2.10. The molecular formula is C15H27N3O. The summed E-state index contributed by atoms with van der Waals surface area (Å²) in [5.74, 6) is 1.64. The molecule has 1 aromatic rings. The van der Waals surface area contributed by atoms with E-state index >= 15 is 0 Å². The fourth-order valence-corrected chi connectivity index (χ4v) is 2.86. The van der Waals surface area contributed by atoms with Gasteiger partial charge in [-0.3, -0.25) is 4.90 Å². The average Bonchev–Trinajstić information content (AvgIpc) is 2.70. The molecule has 1 fully saturated rings. The number of nitrogens with one attached hydrogen (secondary N) is 1. The minimum absolute atomic E-state index is 0.586. The molecule has 2 unspecified atom stereocenters. The molecule has 2 rings (SSSR count). The summed E-state index contributed by atoms with van der Waals surface area (Å²) in [7, 11) is 0. The molecule has 4 nitrogen and oxygen atoms in total. The number of aryl methyl sites for hydroxylation is 2. The molecule has 1 aliphatic rings. The number of aromatic nitrogens is 1. The van der Waals surface area contributed by atoms with Crippen LogP contribution in [0.5, 0.6) is 0 Å². The summed E-state index contributed by atoms with van der Waals surface area (Å²) in [4.78, 5) is 2.59. The lowest BCUT2D eigenvalue weighted by Crippen LogP contribution is -2.57. The van der Waals surface area contributed by atoms with Crippen LogP contribution in [0.2, 0.25) is 0 Å². The molecule has 108 valence electrons. The van der Waals surface area contributed by atoms with Crippen LogP contribution in [-0.4, -0.2) is 35.2 Å². The summed E-state index contributed by atoms with van der Waals surface area (Å²) < 4.78 is 5.29. The molecule has 0 radical (unpaired) electrons. The van der Waals surface area contributed by atoms with Gasteiger partial charge in [0, 0.05) is 37.3 Å². The van der Waals surface area contributed by atoms with E-state index in [0.29, 0.717) is 18.0 Å². The molecule has 1 aliphatic heterocycles. The van der Waals surface area contributed by atoms with E-state index in [1.807, 2.05) is 13.8 Å². The Morgan fingerprint density at radius 3 is 2.68 bits per heavy atom. The molecule has 0 aromatic carbocycles. The first-order valence-electron chi connectivity index (χ1n) is 7.42. The highest BCUT2D eigenvalue weighted by Crippen LogP contribution is 2.21. The van der Waals surface area contributed by atoms with Crippen LogP contribution in [0.25, 0.3) is 0 Å². The van der Waals surface area contributed by atoms with E-state index in [0.717, 1.165) is 31.1 Å². The SMILES string of the molecule is CCC1CNC(C(C)C)CN1Cc1c(C)noc1C. The Hall–Kier alpha value is -0.870. The van der Waals surface area contributed by atoms with Gasteiger partial charge in [0.1, 0.15) is 5.76 Å². The summed E-state index contributed by atoms with van der Waals surface area (Å²) in [5, 5.41) is 7.75. The average molecular weight is 265 g/mol. The number of hydrogen-bond acceptors (Lipinski definition) is 4. The Morgan fingerprint density at radius 1 is 1.42 bits per heavy atom. The lowest BCUT2D eigenvalue weighted by Gasteiger charge is -2.41. The molecule has 2 heterocycles. The third kappa shape index (κ3) is 3.18. The standard InChI is InChI=1S/C15H27N3O/c1-6-13-7-16-15(10(2)3)9-18(13)8-14-11(4)17-19-12(14)5/h10,13,15-16H,6-9H2,1-5H3. The Morgan fingerprint density at radius 2 is 2.16 bits per heavy atom. The molecule has 1 aromatic heterocycles.